The first kappa shape index (κ1) is 16.3. The Balaban J connectivity index is 1.85. The van der Waals surface area contributed by atoms with Crippen LogP contribution in [0.5, 0.6) is 0 Å². The Morgan fingerprint density at radius 1 is 1.00 bits per heavy atom. The molecule has 2 saturated carbocycles. The highest BCUT2D eigenvalue weighted by Gasteiger charge is 2.34. The lowest BCUT2D eigenvalue weighted by atomic mass is 9.65. The molecule has 4 atom stereocenters. The molecular formula is C19H37N. The van der Waals surface area contributed by atoms with E-state index < -0.39 is 0 Å². The zero-order chi connectivity index (χ0) is 14.4. The first-order valence-corrected chi connectivity index (χ1v) is 9.41. The third-order valence-electron chi connectivity index (χ3n) is 5.93. The Hall–Kier alpha value is -0.0400. The average Bonchev–Trinajstić information content (AvgIpc) is 2.47. The highest BCUT2D eigenvalue weighted by molar-refractivity contribution is 4.85. The van der Waals surface area contributed by atoms with E-state index in [2.05, 4.69) is 26.1 Å². The third-order valence-corrected chi connectivity index (χ3v) is 5.93. The molecule has 2 rings (SSSR count). The van der Waals surface area contributed by atoms with Gasteiger partial charge in [-0.3, -0.25) is 0 Å². The maximum Gasteiger partial charge on any atom is -0.00177 e. The van der Waals surface area contributed by atoms with Crippen LogP contribution in [0.15, 0.2) is 0 Å². The fraction of sp³-hybridized carbons (Fsp3) is 1.00. The highest BCUT2D eigenvalue weighted by atomic mass is 14.9. The average molecular weight is 280 g/mol. The van der Waals surface area contributed by atoms with E-state index in [1.165, 1.54) is 64.5 Å². The predicted molar refractivity (Wildman–Crippen MR) is 88.9 cm³/mol. The minimum absolute atomic E-state index is 0.788. The molecule has 0 saturated heterocycles. The molecule has 2 aliphatic rings. The van der Waals surface area contributed by atoms with Gasteiger partial charge in [-0.25, -0.2) is 0 Å². The molecule has 1 N–H and O–H groups in total. The molecule has 0 aromatic heterocycles. The van der Waals surface area contributed by atoms with Crippen molar-refractivity contribution < 1.29 is 0 Å². The first-order chi connectivity index (χ1) is 9.70. The standard InChI is InChI=1S/C19H37N/c1-4-16-8-7-10-17(12-16)19-11-6-5-9-18(19)14-20-13-15(2)3/h15-20H,4-14H2,1-3H3. The van der Waals surface area contributed by atoms with Gasteiger partial charge in [0.1, 0.15) is 0 Å². The lowest BCUT2D eigenvalue weighted by Crippen LogP contribution is -2.37. The van der Waals surface area contributed by atoms with Crippen LogP contribution in [0, 0.1) is 29.6 Å². The van der Waals surface area contributed by atoms with Crippen molar-refractivity contribution in [3.63, 3.8) is 0 Å². The van der Waals surface area contributed by atoms with Gasteiger partial charge in [-0.15, -0.1) is 0 Å². The van der Waals surface area contributed by atoms with E-state index in [0.29, 0.717) is 0 Å². The minimum atomic E-state index is 0.788. The van der Waals surface area contributed by atoms with Gasteiger partial charge in [0.05, 0.1) is 0 Å². The summed E-state index contributed by atoms with van der Waals surface area (Å²) in [7, 11) is 0. The van der Waals surface area contributed by atoms with Gasteiger partial charge in [0.2, 0.25) is 0 Å². The topological polar surface area (TPSA) is 12.0 Å². The van der Waals surface area contributed by atoms with Crippen molar-refractivity contribution in [2.24, 2.45) is 29.6 Å². The molecule has 0 amide bonds. The molecule has 118 valence electrons. The number of nitrogens with one attached hydrogen (secondary N) is 1. The molecule has 0 aliphatic heterocycles. The number of hydrogen-bond acceptors (Lipinski definition) is 1. The zero-order valence-electron chi connectivity index (χ0n) is 14.2. The van der Waals surface area contributed by atoms with Gasteiger partial charge in [-0.05, 0) is 61.9 Å². The van der Waals surface area contributed by atoms with Crippen molar-refractivity contribution in [2.45, 2.75) is 78.6 Å². The molecule has 0 aromatic rings. The van der Waals surface area contributed by atoms with Crippen molar-refractivity contribution >= 4 is 0 Å². The third kappa shape index (κ3) is 4.76. The summed E-state index contributed by atoms with van der Waals surface area (Å²) in [6.07, 6.45) is 13.5. The monoisotopic (exact) mass is 279 g/mol. The molecule has 0 spiro atoms. The van der Waals surface area contributed by atoms with Crippen molar-refractivity contribution in [3.8, 4) is 0 Å². The molecule has 0 heterocycles. The highest BCUT2D eigenvalue weighted by Crippen LogP contribution is 2.43. The van der Waals surface area contributed by atoms with E-state index in [4.69, 9.17) is 0 Å². The summed E-state index contributed by atoms with van der Waals surface area (Å²) in [6, 6.07) is 0. The van der Waals surface area contributed by atoms with Crippen LogP contribution >= 0.6 is 0 Å². The number of hydrogen-bond donors (Lipinski definition) is 1. The quantitative estimate of drug-likeness (QED) is 0.700. The summed E-state index contributed by atoms with van der Waals surface area (Å²) in [4.78, 5) is 0. The maximum atomic E-state index is 3.75. The van der Waals surface area contributed by atoms with Crippen molar-refractivity contribution in [3.05, 3.63) is 0 Å². The molecule has 0 aromatic carbocycles. The van der Waals surface area contributed by atoms with Crippen molar-refractivity contribution in [2.75, 3.05) is 13.1 Å². The van der Waals surface area contributed by atoms with Gasteiger partial charge in [0.25, 0.3) is 0 Å². The van der Waals surface area contributed by atoms with E-state index in [1.54, 1.807) is 6.42 Å². The van der Waals surface area contributed by atoms with E-state index in [9.17, 15) is 0 Å². The maximum absolute atomic E-state index is 3.75. The molecule has 4 unspecified atom stereocenters. The van der Waals surface area contributed by atoms with Gasteiger partial charge in [-0.1, -0.05) is 59.3 Å². The summed E-state index contributed by atoms with van der Waals surface area (Å²) in [6.45, 7) is 9.52. The van der Waals surface area contributed by atoms with Gasteiger partial charge in [-0.2, -0.15) is 0 Å². The number of rotatable bonds is 6. The van der Waals surface area contributed by atoms with E-state index in [0.717, 1.165) is 29.6 Å². The summed E-state index contributed by atoms with van der Waals surface area (Å²) in [5.74, 6) is 4.90. The van der Waals surface area contributed by atoms with E-state index in [1.807, 2.05) is 0 Å². The Morgan fingerprint density at radius 2 is 1.80 bits per heavy atom. The van der Waals surface area contributed by atoms with E-state index in [-0.39, 0.29) is 0 Å². The normalized spacial score (nSPS) is 35.4. The van der Waals surface area contributed by atoms with Crippen LogP contribution in [0.25, 0.3) is 0 Å². The molecule has 0 radical (unpaired) electrons. The molecule has 20 heavy (non-hydrogen) atoms. The minimum Gasteiger partial charge on any atom is -0.316 e. The zero-order valence-corrected chi connectivity index (χ0v) is 14.2. The lowest BCUT2D eigenvalue weighted by Gasteiger charge is -2.41. The Kier molecular flexibility index (Phi) is 6.87. The molecule has 2 aliphatic carbocycles. The summed E-state index contributed by atoms with van der Waals surface area (Å²) < 4.78 is 0. The Morgan fingerprint density at radius 3 is 2.55 bits per heavy atom. The van der Waals surface area contributed by atoms with Crippen molar-refractivity contribution in [1.82, 2.24) is 5.32 Å². The van der Waals surface area contributed by atoms with Crippen LogP contribution in [-0.2, 0) is 0 Å². The Labute approximate surface area is 127 Å². The van der Waals surface area contributed by atoms with Crippen LogP contribution in [0.2, 0.25) is 0 Å². The largest absolute Gasteiger partial charge is 0.316 e. The summed E-state index contributed by atoms with van der Waals surface area (Å²) in [5.41, 5.74) is 0. The summed E-state index contributed by atoms with van der Waals surface area (Å²) in [5, 5.41) is 3.75. The second kappa shape index (κ2) is 8.41. The molecule has 1 heteroatoms. The van der Waals surface area contributed by atoms with Crippen LogP contribution < -0.4 is 5.32 Å². The molecular weight excluding hydrogens is 242 g/mol. The van der Waals surface area contributed by atoms with Crippen LogP contribution in [0.4, 0.5) is 0 Å². The second-order valence-electron chi connectivity index (χ2n) is 7.96. The van der Waals surface area contributed by atoms with Gasteiger partial charge in [0.15, 0.2) is 0 Å². The van der Waals surface area contributed by atoms with Crippen LogP contribution in [0.3, 0.4) is 0 Å². The fourth-order valence-corrected chi connectivity index (χ4v) is 4.76. The second-order valence-corrected chi connectivity index (χ2v) is 7.96. The van der Waals surface area contributed by atoms with Crippen LogP contribution in [-0.4, -0.2) is 13.1 Å². The van der Waals surface area contributed by atoms with E-state index >= 15 is 0 Å². The molecule has 0 bridgehead atoms. The SMILES string of the molecule is CCC1CCCC(C2CCCCC2CNCC(C)C)C1. The van der Waals surface area contributed by atoms with Gasteiger partial charge < -0.3 is 5.32 Å². The Bertz CT molecular complexity index is 260. The van der Waals surface area contributed by atoms with Gasteiger partial charge >= 0.3 is 0 Å². The fourth-order valence-electron chi connectivity index (χ4n) is 4.76. The van der Waals surface area contributed by atoms with Gasteiger partial charge in [0, 0.05) is 0 Å². The summed E-state index contributed by atoms with van der Waals surface area (Å²) >= 11 is 0. The smallest absolute Gasteiger partial charge is 0.00177 e. The van der Waals surface area contributed by atoms with Crippen molar-refractivity contribution in [1.29, 1.82) is 0 Å². The lowest BCUT2D eigenvalue weighted by molar-refractivity contribution is 0.104. The van der Waals surface area contributed by atoms with Crippen LogP contribution in [0.1, 0.15) is 78.6 Å². The molecule has 2 fully saturated rings. The predicted octanol–water partition coefficient (Wildman–Crippen LogP) is 5.25. The first-order valence-electron chi connectivity index (χ1n) is 9.41. The molecule has 1 nitrogen and oxygen atoms in total.